The summed E-state index contributed by atoms with van der Waals surface area (Å²) in [5, 5.41) is 9.31. The Kier molecular flexibility index (Phi) is 4.85. The second kappa shape index (κ2) is 7.44. The summed E-state index contributed by atoms with van der Waals surface area (Å²) in [5.41, 5.74) is 6.09. The van der Waals surface area contributed by atoms with E-state index in [4.69, 9.17) is 0 Å². The number of nitrogens with zero attached hydrogens (tertiary/aromatic N) is 5. The Morgan fingerprint density at radius 3 is 2.67 bits per heavy atom. The normalized spacial score (nSPS) is 11.2. The van der Waals surface area contributed by atoms with Crippen molar-refractivity contribution in [3.05, 3.63) is 76.9 Å². The fourth-order valence-corrected chi connectivity index (χ4v) is 3.84. The average molecular weight is 379 g/mol. The van der Waals surface area contributed by atoms with Gasteiger partial charge in [0.15, 0.2) is 11.2 Å². The molecule has 0 atom stereocenters. The van der Waals surface area contributed by atoms with Crippen molar-refractivity contribution in [2.45, 2.75) is 31.2 Å². The highest BCUT2D eigenvalue weighted by Crippen LogP contribution is 2.27. The zero-order valence-electron chi connectivity index (χ0n) is 15.1. The fraction of sp³-hybridized carbons (Fsp3) is 0.200. The molecule has 0 aliphatic heterocycles. The SMILES string of the molecule is Cc1ccc(C)c(CSc2ncnc3c2nnn3Cc2ccc(F)cc2)c1. The first-order valence-electron chi connectivity index (χ1n) is 8.58. The Bertz CT molecular complexity index is 1090. The van der Waals surface area contributed by atoms with Crippen molar-refractivity contribution in [3.8, 4) is 0 Å². The van der Waals surface area contributed by atoms with Gasteiger partial charge in [-0.3, -0.25) is 0 Å². The average Bonchev–Trinajstić information content (AvgIpc) is 3.08. The van der Waals surface area contributed by atoms with Crippen LogP contribution >= 0.6 is 11.8 Å². The lowest BCUT2D eigenvalue weighted by Crippen LogP contribution is -2.03. The summed E-state index contributed by atoms with van der Waals surface area (Å²) in [6.45, 7) is 4.69. The van der Waals surface area contributed by atoms with Gasteiger partial charge in [0, 0.05) is 5.75 Å². The van der Waals surface area contributed by atoms with Crippen molar-refractivity contribution in [1.82, 2.24) is 25.0 Å². The molecule has 2 aromatic heterocycles. The molecule has 0 aliphatic rings. The number of benzene rings is 2. The molecule has 4 aromatic rings. The molecule has 4 rings (SSSR count). The van der Waals surface area contributed by atoms with Crippen molar-refractivity contribution in [3.63, 3.8) is 0 Å². The maximum absolute atomic E-state index is 13.1. The Labute approximate surface area is 160 Å². The molecule has 27 heavy (non-hydrogen) atoms. The minimum atomic E-state index is -0.255. The monoisotopic (exact) mass is 379 g/mol. The number of halogens is 1. The molecule has 0 spiro atoms. The van der Waals surface area contributed by atoms with Crippen LogP contribution in [0.25, 0.3) is 11.2 Å². The lowest BCUT2D eigenvalue weighted by Gasteiger charge is -2.07. The van der Waals surface area contributed by atoms with Crippen LogP contribution in [-0.4, -0.2) is 25.0 Å². The second-order valence-electron chi connectivity index (χ2n) is 6.44. The van der Waals surface area contributed by atoms with E-state index < -0.39 is 0 Å². The van der Waals surface area contributed by atoms with E-state index in [1.54, 1.807) is 28.6 Å². The molecule has 2 aromatic carbocycles. The molecule has 0 bridgehead atoms. The van der Waals surface area contributed by atoms with Gasteiger partial charge in [0.1, 0.15) is 17.2 Å². The molecule has 0 unspecified atom stereocenters. The lowest BCUT2D eigenvalue weighted by molar-refractivity contribution is 0.623. The predicted molar refractivity (Wildman–Crippen MR) is 104 cm³/mol. The van der Waals surface area contributed by atoms with Crippen LogP contribution in [0.1, 0.15) is 22.3 Å². The van der Waals surface area contributed by atoms with E-state index in [0.29, 0.717) is 17.7 Å². The van der Waals surface area contributed by atoms with Gasteiger partial charge in [-0.05, 0) is 42.7 Å². The maximum Gasteiger partial charge on any atom is 0.183 e. The summed E-state index contributed by atoms with van der Waals surface area (Å²) in [6.07, 6.45) is 1.54. The molecule has 0 saturated carbocycles. The highest BCUT2D eigenvalue weighted by Gasteiger charge is 2.13. The van der Waals surface area contributed by atoms with Crippen molar-refractivity contribution in [2.75, 3.05) is 0 Å². The summed E-state index contributed by atoms with van der Waals surface area (Å²) in [4.78, 5) is 8.73. The first-order chi connectivity index (χ1) is 13.1. The molecule has 7 heteroatoms. The molecule has 5 nitrogen and oxygen atoms in total. The van der Waals surface area contributed by atoms with Crippen LogP contribution in [0.15, 0.2) is 53.8 Å². The molecular weight excluding hydrogens is 361 g/mol. The number of aryl methyl sites for hydroxylation is 2. The van der Waals surface area contributed by atoms with Gasteiger partial charge in [0.2, 0.25) is 0 Å². The van der Waals surface area contributed by atoms with E-state index in [1.807, 2.05) is 0 Å². The minimum Gasteiger partial charge on any atom is -0.227 e. The second-order valence-corrected chi connectivity index (χ2v) is 7.41. The fourth-order valence-electron chi connectivity index (χ4n) is 2.85. The predicted octanol–water partition coefficient (Wildman–Crippen LogP) is 4.32. The molecule has 0 amide bonds. The van der Waals surface area contributed by atoms with Gasteiger partial charge in [-0.1, -0.05) is 52.9 Å². The zero-order chi connectivity index (χ0) is 18.8. The van der Waals surface area contributed by atoms with Crippen LogP contribution in [0.4, 0.5) is 4.39 Å². The van der Waals surface area contributed by atoms with E-state index in [2.05, 4.69) is 52.3 Å². The summed E-state index contributed by atoms with van der Waals surface area (Å²) in [6, 6.07) is 12.8. The molecule has 0 saturated heterocycles. The molecule has 0 aliphatic carbocycles. The number of rotatable bonds is 5. The Morgan fingerprint density at radius 2 is 1.85 bits per heavy atom. The summed E-state index contributed by atoms with van der Waals surface area (Å²) < 4.78 is 14.8. The first kappa shape index (κ1) is 17.6. The maximum atomic E-state index is 13.1. The molecule has 0 radical (unpaired) electrons. The number of aromatic nitrogens is 5. The van der Waals surface area contributed by atoms with Crippen molar-refractivity contribution in [1.29, 1.82) is 0 Å². The van der Waals surface area contributed by atoms with E-state index in [-0.39, 0.29) is 5.82 Å². The van der Waals surface area contributed by atoms with E-state index in [1.165, 1.54) is 35.2 Å². The Morgan fingerprint density at radius 1 is 1.04 bits per heavy atom. The van der Waals surface area contributed by atoms with Gasteiger partial charge in [0.25, 0.3) is 0 Å². The van der Waals surface area contributed by atoms with Crippen LogP contribution in [0.2, 0.25) is 0 Å². The van der Waals surface area contributed by atoms with Gasteiger partial charge in [-0.15, -0.1) is 5.10 Å². The first-order valence-corrected chi connectivity index (χ1v) is 9.56. The highest BCUT2D eigenvalue weighted by atomic mass is 32.2. The van der Waals surface area contributed by atoms with Gasteiger partial charge < -0.3 is 0 Å². The van der Waals surface area contributed by atoms with Crippen LogP contribution < -0.4 is 0 Å². The summed E-state index contributed by atoms with van der Waals surface area (Å²) in [5.74, 6) is 0.555. The number of hydrogen-bond donors (Lipinski definition) is 0. The van der Waals surface area contributed by atoms with Gasteiger partial charge in [0.05, 0.1) is 6.54 Å². The molecule has 0 fully saturated rings. The topological polar surface area (TPSA) is 56.5 Å². The van der Waals surface area contributed by atoms with Crippen molar-refractivity contribution < 1.29 is 4.39 Å². The highest BCUT2D eigenvalue weighted by molar-refractivity contribution is 7.98. The minimum absolute atomic E-state index is 0.255. The largest absolute Gasteiger partial charge is 0.227 e. The number of fused-ring (bicyclic) bond motifs is 1. The standard InChI is InChI=1S/C20H18FN5S/c1-13-3-4-14(2)16(9-13)11-27-20-18-19(22-12-23-20)26(25-24-18)10-15-5-7-17(21)8-6-15/h3-9,12H,10-11H2,1-2H3. The van der Waals surface area contributed by atoms with Crippen LogP contribution in [-0.2, 0) is 12.3 Å². The smallest absolute Gasteiger partial charge is 0.183 e. The third-order valence-corrected chi connectivity index (χ3v) is 5.41. The van der Waals surface area contributed by atoms with Gasteiger partial charge >= 0.3 is 0 Å². The molecule has 2 heterocycles. The molecule has 0 N–H and O–H groups in total. The lowest BCUT2D eigenvalue weighted by atomic mass is 10.1. The molecular formula is C20H18FN5S. The van der Waals surface area contributed by atoms with E-state index in [9.17, 15) is 4.39 Å². The zero-order valence-corrected chi connectivity index (χ0v) is 15.9. The Hall–Kier alpha value is -2.80. The van der Waals surface area contributed by atoms with E-state index in [0.717, 1.165) is 16.3 Å². The van der Waals surface area contributed by atoms with Crippen LogP contribution in [0.3, 0.4) is 0 Å². The quantitative estimate of drug-likeness (QED) is 0.382. The Balaban J connectivity index is 1.58. The van der Waals surface area contributed by atoms with Gasteiger partial charge in [-0.25, -0.2) is 19.0 Å². The molecule has 136 valence electrons. The summed E-state index contributed by atoms with van der Waals surface area (Å²) >= 11 is 1.63. The van der Waals surface area contributed by atoms with Crippen molar-refractivity contribution in [2.24, 2.45) is 0 Å². The van der Waals surface area contributed by atoms with Crippen LogP contribution in [0, 0.1) is 19.7 Å². The third-order valence-electron chi connectivity index (χ3n) is 4.38. The van der Waals surface area contributed by atoms with Gasteiger partial charge in [-0.2, -0.15) is 0 Å². The van der Waals surface area contributed by atoms with Crippen LogP contribution in [0.5, 0.6) is 0 Å². The number of hydrogen-bond acceptors (Lipinski definition) is 5. The third kappa shape index (κ3) is 3.83. The number of thioether (sulfide) groups is 1. The summed E-state index contributed by atoms with van der Waals surface area (Å²) in [7, 11) is 0. The van der Waals surface area contributed by atoms with Crippen molar-refractivity contribution >= 4 is 22.9 Å². The van der Waals surface area contributed by atoms with E-state index >= 15 is 0 Å².